The number of hydrogen-bond donors (Lipinski definition) is 2. The van der Waals surface area contributed by atoms with Crippen LogP contribution in [0.1, 0.15) is 31.7 Å². The van der Waals surface area contributed by atoms with Crippen LogP contribution in [-0.4, -0.2) is 29.3 Å². The SMILES string of the molecule is CCc1ccccc1NC(=O)CCCC(=O)OCC(=O)Nc1cccc([N+](=O)[O-])c1. The fourth-order valence-corrected chi connectivity index (χ4v) is 2.67. The Balaban J connectivity index is 1.68. The molecule has 30 heavy (non-hydrogen) atoms. The maximum absolute atomic E-state index is 12.0. The van der Waals surface area contributed by atoms with E-state index in [0.717, 1.165) is 17.7 Å². The third-order valence-electron chi connectivity index (χ3n) is 4.16. The Labute approximate surface area is 173 Å². The minimum atomic E-state index is -0.613. The third kappa shape index (κ3) is 7.34. The van der Waals surface area contributed by atoms with Crippen molar-refractivity contribution in [1.29, 1.82) is 0 Å². The van der Waals surface area contributed by atoms with Crippen molar-refractivity contribution in [1.82, 2.24) is 0 Å². The van der Waals surface area contributed by atoms with Gasteiger partial charge in [0.05, 0.1) is 4.92 Å². The van der Waals surface area contributed by atoms with E-state index in [-0.39, 0.29) is 36.5 Å². The van der Waals surface area contributed by atoms with Gasteiger partial charge in [0.25, 0.3) is 11.6 Å². The van der Waals surface area contributed by atoms with Gasteiger partial charge in [-0.15, -0.1) is 0 Å². The van der Waals surface area contributed by atoms with Gasteiger partial charge >= 0.3 is 5.97 Å². The number of non-ortho nitro benzene ring substituents is 1. The first kappa shape index (κ1) is 22.5. The van der Waals surface area contributed by atoms with Crippen molar-refractivity contribution in [3.8, 4) is 0 Å². The summed E-state index contributed by atoms with van der Waals surface area (Å²) in [4.78, 5) is 45.8. The fraction of sp³-hybridized carbons (Fsp3) is 0.286. The molecule has 2 N–H and O–H groups in total. The molecule has 0 radical (unpaired) electrons. The van der Waals surface area contributed by atoms with Crippen molar-refractivity contribution < 1.29 is 24.0 Å². The highest BCUT2D eigenvalue weighted by Crippen LogP contribution is 2.17. The number of rotatable bonds is 10. The number of esters is 1. The lowest BCUT2D eigenvalue weighted by molar-refractivity contribution is -0.384. The van der Waals surface area contributed by atoms with Crippen molar-refractivity contribution in [2.75, 3.05) is 17.2 Å². The summed E-state index contributed by atoms with van der Waals surface area (Å²) in [5.74, 6) is -1.42. The number of hydrogen-bond acceptors (Lipinski definition) is 6. The van der Waals surface area contributed by atoms with Crippen LogP contribution in [-0.2, 0) is 25.5 Å². The topological polar surface area (TPSA) is 128 Å². The number of carbonyl (C=O) groups is 3. The number of ether oxygens (including phenoxy) is 1. The first-order valence-corrected chi connectivity index (χ1v) is 9.46. The van der Waals surface area contributed by atoms with Gasteiger partial charge in [0, 0.05) is 36.3 Å². The maximum atomic E-state index is 12.0. The van der Waals surface area contributed by atoms with E-state index in [2.05, 4.69) is 10.6 Å². The van der Waals surface area contributed by atoms with Crippen LogP contribution in [0.5, 0.6) is 0 Å². The zero-order chi connectivity index (χ0) is 21.9. The second-order valence-corrected chi connectivity index (χ2v) is 6.43. The predicted octanol–water partition coefficient (Wildman–Crippen LogP) is 3.45. The lowest BCUT2D eigenvalue weighted by Gasteiger charge is -2.09. The molecule has 0 saturated heterocycles. The largest absolute Gasteiger partial charge is 0.456 e. The Bertz CT molecular complexity index is 928. The third-order valence-corrected chi connectivity index (χ3v) is 4.16. The summed E-state index contributed by atoms with van der Waals surface area (Å²) in [6.45, 7) is 1.48. The highest BCUT2D eigenvalue weighted by Gasteiger charge is 2.12. The number of para-hydroxylation sites is 1. The number of nitrogens with zero attached hydrogens (tertiary/aromatic N) is 1. The summed E-state index contributed by atoms with van der Waals surface area (Å²) in [5, 5.41) is 16.0. The quantitative estimate of drug-likeness (QED) is 0.349. The molecule has 2 aromatic rings. The van der Waals surface area contributed by atoms with Gasteiger partial charge in [-0.25, -0.2) is 0 Å². The van der Waals surface area contributed by atoms with Crippen molar-refractivity contribution in [2.45, 2.75) is 32.6 Å². The average molecular weight is 413 g/mol. The molecule has 0 fully saturated rings. The van der Waals surface area contributed by atoms with Gasteiger partial charge in [0.2, 0.25) is 5.91 Å². The zero-order valence-electron chi connectivity index (χ0n) is 16.6. The molecule has 0 aliphatic rings. The van der Waals surface area contributed by atoms with Crippen LogP contribution >= 0.6 is 0 Å². The van der Waals surface area contributed by atoms with Gasteiger partial charge in [-0.05, 0) is 30.5 Å². The van der Waals surface area contributed by atoms with Crippen molar-refractivity contribution in [3.63, 3.8) is 0 Å². The molecule has 0 saturated carbocycles. The minimum absolute atomic E-state index is 0.00701. The molecule has 0 bridgehead atoms. The summed E-state index contributed by atoms with van der Waals surface area (Å²) in [6, 6.07) is 12.9. The molecule has 2 amide bonds. The van der Waals surface area contributed by atoms with E-state index in [0.29, 0.717) is 0 Å². The van der Waals surface area contributed by atoms with Gasteiger partial charge < -0.3 is 15.4 Å². The maximum Gasteiger partial charge on any atom is 0.306 e. The number of amides is 2. The van der Waals surface area contributed by atoms with Crippen LogP contribution in [0.25, 0.3) is 0 Å². The Morgan fingerprint density at radius 1 is 1.00 bits per heavy atom. The summed E-state index contributed by atoms with van der Waals surface area (Å²) in [7, 11) is 0. The Kier molecular flexibility index (Phi) is 8.49. The molecular formula is C21H23N3O6. The number of nitro groups is 1. The monoisotopic (exact) mass is 413 g/mol. The normalized spacial score (nSPS) is 10.2. The van der Waals surface area contributed by atoms with E-state index in [1.807, 2.05) is 31.2 Å². The smallest absolute Gasteiger partial charge is 0.306 e. The highest BCUT2D eigenvalue weighted by molar-refractivity contribution is 5.93. The molecule has 0 atom stereocenters. The van der Waals surface area contributed by atoms with E-state index in [1.165, 1.54) is 24.3 Å². The van der Waals surface area contributed by atoms with Crippen LogP contribution in [0.4, 0.5) is 17.1 Å². The summed E-state index contributed by atoms with van der Waals surface area (Å²) in [6.07, 6.45) is 1.21. The average Bonchev–Trinajstić information content (AvgIpc) is 2.73. The van der Waals surface area contributed by atoms with Crippen LogP contribution in [0.2, 0.25) is 0 Å². The molecule has 0 aliphatic carbocycles. The second kappa shape index (κ2) is 11.3. The minimum Gasteiger partial charge on any atom is -0.456 e. The number of carbonyl (C=O) groups excluding carboxylic acids is 3. The molecule has 2 aromatic carbocycles. The van der Waals surface area contributed by atoms with Gasteiger partial charge in [0.15, 0.2) is 6.61 Å². The van der Waals surface area contributed by atoms with E-state index in [4.69, 9.17) is 4.74 Å². The van der Waals surface area contributed by atoms with E-state index < -0.39 is 23.4 Å². The summed E-state index contributed by atoms with van der Waals surface area (Å²) in [5.41, 5.74) is 1.85. The molecule has 9 nitrogen and oxygen atoms in total. The number of benzene rings is 2. The van der Waals surface area contributed by atoms with E-state index in [1.54, 1.807) is 0 Å². The molecule has 0 spiro atoms. The molecule has 0 heterocycles. The summed E-state index contributed by atoms with van der Waals surface area (Å²) >= 11 is 0. The lowest BCUT2D eigenvalue weighted by atomic mass is 10.1. The first-order valence-electron chi connectivity index (χ1n) is 9.46. The molecule has 9 heteroatoms. The molecule has 0 unspecified atom stereocenters. The zero-order valence-corrected chi connectivity index (χ0v) is 16.6. The van der Waals surface area contributed by atoms with Crippen molar-refractivity contribution >= 4 is 34.8 Å². The molecule has 0 aliphatic heterocycles. The molecule has 158 valence electrons. The molecular weight excluding hydrogens is 390 g/mol. The van der Waals surface area contributed by atoms with Gasteiger partial charge in [-0.3, -0.25) is 24.5 Å². The predicted molar refractivity (Wildman–Crippen MR) is 111 cm³/mol. The Hall–Kier alpha value is -3.75. The van der Waals surface area contributed by atoms with Crippen LogP contribution in [0, 0.1) is 10.1 Å². The van der Waals surface area contributed by atoms with Gasteiger partial charge in [-0.1, -0.05) is 31.2 Å². The van der Waals surface area contributed by atoms with Crippen LogP contribution in [0.3, 0.4) is 0 Å². The first-order chi connectivity index (χ1) is 14.4. The van der Waals surface area contributed by atoms with Crippen molar-refractivity contribution in [3.05, 3.63) is 64.2 Å². The van der Waals surface area contributed by atoms with Crippen LogP contribution < -0.4 is 10.6 Å². The number of nitrogens with one attached hydrogen (secondary N) is 2. The van der Waals surface area contributed by atoms with Gasteiger partial charge in [-0.2, -0.15) is 0 Å². The number of aryl methyl sites for hydroxylation is 1. The van der Waals surface area contributed by atoms with Crippen molar-refractivity contribution in [2.24, 2.45) is 0 Å². The van der Waals surface area contributed by atoms with Crippen LogP contribution in [0.15, 0.2) is 48.5 Å². The Morgan fingerprint density at radius 2 is 1.77 bits per heavy atom. The van der Waals surface area contributed by atoms with Gasteiger partial charge in [0.1, 0.15) is 0 Å². The fourth-order valence-electron chi connectivity index (χ4n) is 2.67. The molecule has 2 rings (SSSR count). The number of anilines is 2. The molecule has 0 aromatic heterocycles. The lowest BCUT2D eigenvalue weighted by Crippen LogP contribution is -2.21. The Morgan fingerprint density at radius 3 is 2.50 bits per heavy atom. The second-order valence-electron chi connectivity index (χ2n) is 6.43. The van der Waals surface area contributed by atoms with E-state index >= 15 is 0 Å². The standard InChI is InChI=1S/C21H23N3O6/c1-2-15-7-3-4-10-18(15)23-19(25)11-6-12-21(27)30-14-20(26)22-16-8-5-9-17(13-16)24(28)29/h3-5,7-10,13H,2,6,11-12,14H2,1H3,(H,22,26)(H,23,25). The van der Waals surface area contributed by atoms with E-state index in [9.17, 15) is 24.5 Å². The highest BCUT2D eigenvalue weighted by atomic mass is 16.6. The number of nitro benzene ring substituents is 1. The summed E-state index contributed by atoms with van der Waals surface area (Å²) < 4.78 is 4.87.